The summed E-state index contributed by atoms with van der Waals surface area (Å²) in [5.74, 6) is 0.389. The molecule has 7 nitrogen and oxygen atoms in total. The van der Waals surface area contributed by atoms with Gasteiger partial charge in [-0.2, -0.15) is 0 Å². The number of hydrogen-bond donors (Lipinski definition) is 1. The SMILES string of the molecule is COc1ccc(S(=O)(=O)N(C)c2ccc(C(=O)N(C)[C@@H]3CCCC[C@H]3O)cc2)cc1. The molecule has 2 atom stereocenters. The van der Waals surface area contributed by atoms with Gasteiger partial charge in [0, 0.05) is 19.7 Å². The summed E-state index contributed by atoms with van der Waals surface area (Å²) in [6.45, 7) is 0. The first kappa shape index (κ1) is 22.1. The summed E-state index contributed by atoms with van der Waals surface area (Å²) in [5, 5.41) is 10.2. The maximum atomic E-state index is 12.9. The number of carbonyl (C=O) groups is 1. The zero-order chi connectivity index (χ0) is 21.9. The summed E-state index contributed by atoms with van der Waals surface area (Å²) in [6.07, 6.45) is 2.95. The second-order valence-electron chi connectivity index (χ2n) is 7.53. The summed E-state index contributed by atoms with van der Waals surface area (Å²) in [6, 6.07) is 12.4. The molecule has 162 valence electrons. The Morgan fingerprint density at radius 2 is 1.60 bits per heavy atom. The molecule has 0 spiro atoms. The highest BCUT2D eigenvalue weighted by atomic mass is 32.2. The van der Waals surface area contributed by atoms with E-state index in [0.717, 1.165) is 19.3 Å². The van der Waals surface area contributed by atoms with Crippen molar-refractivity contribution in [3.8, 4) is 5.75 Å². The predicted octanol–water partition coefficient (Wildman–Crippen LogP) is 2.90. The number of amides is 1. The van der Waals surface area contributed by atoms with Crippen LogP contribution in [0.5, 0.6) is 5.75 Å². The molecule has 1 amide bonds. The predicted molar refractivity (Wildman–Crippen MR) is 115 cm³/mol. The molecule has 0 aromatic heterocycles. The third-order valence-corrected chi connectivity index (χ3v) is 7.51. The van der Waals surface area contributed by atoms with Gasteiger partial charge in [-0.1, -0.05) is 12.8 Å². The standard InChI is InChI=1S/C22H28N2O5S/c1-23(20-6-4-5-7-21(20)25)22(26)16-8-10-17(11-9-16)24(2)30(27,28)19-14-12-18(29-3)13-15-19/h8-15,20-21,25H,4-7H2,1-3H3/t20-,21-/m1/s1. The molecule has 0 unspecified atom stereocenters. The zero-order valence-electron chi connectivity index (χ0n) is 17.5. The molecule has 0 saturated heterocycles. The van der Waals surface area contributed by atoms with E-state index in [4.69, 9.17) is 4.74 Å². The molecule has 0 radical (unpaired) electrons. The van der Waals surface area contributed by atoms with E-state index in [0.29, 0.717) is 23.4 Å². The van der Waals surface area contributed by atoms with Crippen molar-refractivity contribution in [3.05, 3.63) is 54.1 Å². The fraction of sp³-hybridized carbons (Fsp3) is 0.409. The molecule has 0 heterocycles. The van der Waals surface area contributed by atoms with Crippen LogP contribution in [0.1, 0.15) is 36.0 Å². The van der Waals surface area contributed by atoms with Crippen LogP contribution < -0.4 is 9.04 Å². The number of carbonyl (C=O) groups excluding carboxylic acids is 1. The Hall–Kier alpha value is -2.58. The first-order valence-electron chi connectivity index (χ1n) is 9.94. The third kappa shape index (κ3) is 4.44. The fourth-order valence-electron chi connectivity index (χ4n) is 3.76. The van der Waals surface area contributed by atoms with Crippen LogP contribution in [0.3, 0.4) is 0 Å². The lowest BCUT2D eigenvalue weighted by molar-refractivity contribution is 0.0268. The highest BCUT2D eigenvalue weighted by Crippen LogP contribution is 2.26. The molecule has 1 fully saturated rings. The number of hydrogen-bond acceptors (Lipinski definition) is 5. The van der Waals surface area contributed by atoms with E-state index in [1.807, 2.05) is 0 Å². The quantitative estimate of drug-likeness (QED) is 0.758. The number of ether oxygens (including phenoxy) is 1. The number of aliphatic hydroxyl groups excluding tert-OH is 1. The molecule has 1 aliphatic rings. The van der Waals surface area contributed by atoms with Gasteiger partial charge >= 0.3 is 0 Å². The van der Waals surface area contributed by atoms with E-state index in [9.17, 15) is 18.3 Å². The summed E-state index contributed by atoms with van der Waals surface area (Å²) in [4.78, 5) is 14.6. The van der Waals surface area contributed by atoms with Crippen LogP contribution in [0.4, 0.5) is 5.69 Å². The minimum Gasteiger partial charge on any atom is -0.497 e. The lowest BCUT2D eigenvalue weighted by atomic mass is 9.91. The Balaban J connectivity index is 1.76. The highest BCUT2D eigenvalue weighted by Gasteiger charge is 2.30. The second kappa shape index (κ2) is 9.06. The van der Waals surface area contributed by atoms with E-state index in [1.54, 1.807) is 48.3 Å². The van der Waals surface area contributed by atoms with E-state index in [-0.39, 0.29) is 16.8 Å². The molecular formula is C22H28N2O5S. The molecule has 30 heavy (non-hydrogen) atoms. The molecule has 0 aliphatic heterocycles. The van der Waals surface area contributed by atoms with E-state index in [2.05, 4.69) is 0 Å². The van der Waals surface area contributed by atoms with Crippen LogP contribution in [0.15, 0.2) is 53.4 Å². The van der Waals surface area contributed by atoms with Gasteiger partial charge in [0.15, 0.2) is 0 Å². The number of anilines is 1. The van der Waals surface area contributed by atoms with Gasteiger partial charge in [0.05, 0.1) is 29.8 Å². The lowest BCUT2D eigenvalue weighted by Crippen LogP contribution is -2.46. The number of aliphatic hydroxyl groups is 1. The van der Waals surface area contributed by atoms with Crippen molar-refractivity contribution in [2.45, 2.75) is 42.7 Å². The summed E-state index contributed by atoms with van der Waals surface area (Å²) < 4.78 is 32.0. The number of nitrogens with zero attached hydrogens (tertiary/aromatic N) is 2. The molecule has 8 heteroatoms. The van der Waals surface area contributed by atoms with Gasteiger partial charge in [0.1, 0.15) is 5.75 Å². The van der Waals surface area contributed by atoms with E-state index >= 15 is 0 Å². The van der Waals surface area contributed by atoms with Crippen LogP contribution in [-0.2, 0) is 10.0 Å². The van der Waals surface area contributed by atoms with Crippen molar-refractivity contribution in [1.82, 2.24) is 4.90 Å². The lowest BCUT2D eigenvalue weighted by Gasteiger charge is -2.35. The summed E-state index contributed by atoms with van der Waals surface area (Å²) >= 11 is 0. The Morgan fingerprint density at radius 3 is 2.17 bits per heavy atom. The third-order valence-electron chi connectivity index (χ3n) is 5.71. The molecular weight excluding hydrogens is 404 g/mol. The summed E-state index contributed by atoms with van der Waals surface area (Å²) in [5.41, 5.74) is 0.900. The number of rotatable bonds is 6. The van der Waals surface area contributed by atoms with Gasteiger partial charge in [-0.25, -0.2) is 8.42 Å². The first-order chi connectivity index (χ1) is 14.3. The number of methoxy groups -OCH3 is 1. The Bertz CT molecular complexity index is 974. The fourth-order valence-corrected chi connectivity index (χ4v) is 4.95. The highest BCUT2D eigenvalue weighted by molar-refractivity contribution is 7.92. The van der Waals surface area contributed by atoms with Gasteiger partial charge in [-0.05, 0) is 61.4 Å². The molecule has 0 bridgehead atoms. The number of benzene rings is 2. The zero-order valence-corrected chi connectivity index (χ0v) is 18.3. The average Bonchev–Trinajstić information content (AvgIpc) is 2.78. The van der Waals surface area contributed by atoms with Crippen LogP contribution in [-0.4, -0.2) is 57.7 Å². The van der Waals surface area contributed by atoms with Crippen molar-refractivity contribution in [3.63, 3.8) is 0 Å². The first-order valence-corrected chi connectivity index (χ1v) is 11.4. The average molecular weight is 433 g/mol. The Kier molecular flexibility index (Phi) is 6.67. The molecule has 1 saturated carbocycles. The van der Waals surface area contributed by atoms with Gasteiger partial charge < -0.3 is 14.7 Å². The van der Waals surface area contributed by atoms with Crippen molar-refractivity contribution in [2.24, 2.45) is 0 Å². The molecule has 2 aromatic carbocycles. The molecule has 1 aliphatic carbocycles. The molecule has 3 rings (SSSR count). The monoisotopic (exact) mass is 432 g/mol. The topological polar surface area (TPSA) is 87.2 Å². The van der Waals surface area contributed by atoms with E-state index in [1.165, 1.54) is 30.6 Å². The molecule has 2 aromatic rings. The number of likely N-dealkylation sites (N-methyl/N-ethyl adjacent to an activating group) is 1. The van der Waals surface area contributed by atoms with Crippen LogP contribution in [0, 0.1) is 0 Å². The van der Waals surface area contributed by atoms with Gasteiger partial charge in [0.25, 0.3) is 15.9 Å². The second-order valence-corrected chi connectivity index (χ2v) is 9.50. The largest absolute Gasteiger partial charge is 0.497 e. The maximum Gasteiger partial charge on any atom is 0.264 e. The van der Waals surface area contributed by atoms with Crippen LogP contribution in [0.2, 0.25) is 0 Å². The van der Waals surface area contributed by atoms with Crippen molar-refractivity contribution in [2.75, 3.05) is 25.5 Å². The van der Waals surface area contributed by atoms with Gasteiger partial charge in [0.2, 0.25) is 0 Å². The number of sulfonamides is 1. The van der Waals surface area contributed by atoms with Crippen LogP contribution >= 0.6 is 0 Å². The molecule has 1 N–H and O–H groups in total. The normalized spacial score (nSPS) is 19.2. The van der Waals surface area contributed by atoms with Gasteiger partial charge in [-0.3, -0.25) is 9.10 Å². The van der Waals surface area contributed by atoms with Gasteiger partial charge in [-0.15, -0.1) is 0 Å². The minimum atomic E-state index is -3.74. The van der Waals surface area contributed by atoms with E-state index < -0.39 is 16.1 Å². The van der Waals surface area contributed by atoms with Crippen molar-refractivity contribution < 1.29 is 23.1 Å². The Labute approximate surface area is 177 Å². The maximum absolute atomic E-state index is 12.9. The van der Waals surface area contributed by atoms with Crippen molar-refractivity contribution >= 4 is 21.6 Å². The summed E-state index contributed by atoms with van der Waals surface area (Å²) in [7, 11) is 0.954. The smallest absolute Gasteiger partial charge is 0.264 e. The Morgan fingerprint density at radius 1 is 1.00 bits per heavy atom. The van der Waals surface area contributed by atoms with Crippen molar-refractivity contribution in [1.29, 1.82) is 0 Å². The van der Waals surface area contributed by atoms with Crippen LogP contribution in [0.25, 0.3) is 0 Å². The minimum absolute atomic E-state index is 0.150.